The summed E-state index contributed by atoms with van der Waals surface area (Å²) in [5.41, 5.74) is 1.20. The Morgan fingerprint density at radius 2 is 2.31 bits per heavy atom. The predicted molar refractivity (Wildman–Crippen MR) is 104 cm³/mol. The maximum atomic E-state index is 12.2. The first kappa shape index (κ1) is 18.9. The van der Waals surface area contributed by atoms with E-state index in [9.17, 15) is 4.79 Å². The summed E-state index contributed by atoms with van der Waals surface area (Å²) in [5.74, 6) is 1.06. The topological polar surface area (TPSA) is 54.5 Å². The quantitative estimate of drug-likeness (QED) is 0.768. The number of carbonyl (C=O) groups is 1. The molecule has 0 unspecified atom stereocenters. The zero-order valence-corrected chi connectivity index (χ0v) is 16.1. The van der Waals surface area contributed by atoms with Crippen molar-refractivity contribution in [3.8, 4) is 5.75 Å². The van der Waals surface area contributed by atoms with Crippen molar-refractivity contribution in [2.45, 2.75) is 51.8 Å². The number of aromatic nitrogens is 1. The molecule has 0 aliphatic carbocycles. The Morgan fingerprint density at radius 1 is 1.42 bits per heavy atom. The number of hydrogen-bond acceptors (Lipinski definition) is 5. The van der Waals surface area contributed by atoms with E-state index in [4.69, 9.17) is 4.74 Å². The van der Waals surface area contributed by atoms with Gasteiger partial charge >= 0.3 is 0 Å². The lowest BCUT2D eigenvalue weighted by atomic mass is 10.1. The first-order valence-electron chi connectivity index (χ1n) is 9.36. The summed E-state index contributed by atoms with van der Waals surface area (Å²) < 4.78 is 6.24. The molecule has 1 aliphatic rings. The van der Waals surface area contributed by atoms with E-state index in [1.807, 2.05) is 17.5 Å². The average Bonchev–Trinajstić information content (AvgIpc) is 3.10. The van der Waals surface area contributed by atoms with E-state index in [1.54, 1.807) is 17.5 Å². The van der Waals surface area contributed by atoms with E-state index in [-0.39, 0.29) is 12.0 Å². The monoisotopic (exact) mass is 373 g/mol. The smallest absolute Gasteiger partial charge is 0.221 e. The fourth-order valence-corrected chi connectivity index (χ4v) is 3.73. The molecule has 2 aromatic rings. The molecule has 1 atom stereocenters. The van der Waals surface area contributed by atoms with Gasteiger partial charge in [0, 0.05) is 43.2 Å². The van der Waals surface area contributed by atoms with Crippen LogP contribution in [0.3, 0.4) is 0 Å². The number of fused-ring (bicyclic) bond motifs is 1. The van der Waals surface area contributed by atoms with E-state index < -0.39 is 0 Å². The molecule has 0 saturated heterocycles. The molecule has 6 heteroatoms. The summed E-state index contributed by atoms with van der Waals surface area (Å²) in [6.07, 6.45) is 5.83. The summed E-state index contributed by atoms with van der Waals surface area (Å²) in [6, 6.07) is 8.25. The highest BCUT2D eigenvalue weighted by Gasteiger charge is 2.22. The average molecular weight is 374 g/mol. The lowest BCUT2D eigenvalue weighted by molar-refractivity contribution is -0.121. The number of para-hydroxylation sites is 1. The van der Waals surface area contributed by atoms with Crippen LogP contribution in [0.25, 0.3) is 0 Å². The number of benzene rings is 1. The number of amides is 1. The molecular weight excluding hydrogens is 346 g/mol. The van der Waals surface area contributed by atoms with Gasteiger partial charge in [0.2, 0.25) is 5.91 Å². The van der Waals surface area contributed by atoms with Crippen LogP contribution >= 0.6 is 11.3 Å². The van der Waals surface area contributed by atoms with Crippen molar-refractivity contribution in [3.63, 3.8) is 0 Å². The minimum absolute atomic E-state index is 0.0729. The Hall–Kier alpha value is -1.92. The number of unbranched alkanes of at least 4 members (excludes halogenated alkanes) is 1. The molecule has 2 heterocycles. The molecule has 1 N–H and O–H groups in total. The van der Waals surface area contributed by atoms with Gasteiger partial charge in [0.1, 0.15) is 16.9 Å². The van der Waals surface area contributed by atoms with Crippen LogP contribution in [0, 0.1) is 0 Å². The second-order valence-corrected chi connectivity index (χ2v) is 7.66. The van der Waals surface area contributed by atoms with Crippen molar-refractivity contribution < 1.29 is 9.53 Å². The van der Waals surface area contributed by atoms with Gasteiger partial charge in [0.25, 0.3) is 0 Å². The normalized spacial score (nSPS) is 17.2. The summed E-state index contributed by atoms with van der Waals surface area (Å²) in [6.45, 7) is 5.16. The second-order valence-electron chi connectivity index (χ2n) is 6.68. The van der Waals surface area contributed by atoms with Gasteiger partial charge in [-0.25, -0.2) is 4.98 Å². The van der Waals surface area contributed by atoms with Crippen LogP contribution in [0.1, 0.15) is 43.2 Å². The number of carbonyl (C=O) groups excluding carboxylic acids is 1. The second kappa shape index (κ2) is 9.69. The minimum atomic E-state index is 0.0729. The lowest BCUT2D eigenvalue weighted by Crippen LogP contribution is -2.35. The molecule has 1 aromatic carbocycles. The van der Waals surface area contributed by atoms with E-state index in [2.05, 4.69) is 34.3 Å². The Bertz CT molecular complexity index is 690. The fraction of sp³-hybridized carbons (Fsp3) is 0.500. The number of thiazole rings is 1. The molecule has 0 spiro atoms. The Labute approximate surface area is 159 Å². The van der Waals surface area contributed by atoms with Gasteiger partial charge in [0.15, 0.2) is 0 Å². The molecule has 0 fully saturated rings. The molecule has 3 rings (SSSR count). The summed E-state index contributed by atoms with van der Waals surface area (Å²) >= 11 is 1.56. The van der Waals surface area contributed by atoms with Gasteiger partial charge in [-0.15, -0.1) is 11.3 Å². The standard InChI is InChI=1S/C20H27N3O2S/c1-2-3-7-17-15-23(14-16-6-4-5-8-18(16)25-17)11-9-19(24)22-13-20-21-10-12-26-20/h4-6,8,10,12,17H,2-3,7,9,11,13-15H2,1H3,(H,22,24)/t17-/m1/s1. The zero-order chi connectivity index (χ0) is 18.2. The largest absolute Gasteiger partial charge is 0.489 e. The van der Waals surface area contributed by atoms with Gasteiger partial charge in [-0.3, -0.25) is 9.69 Å². The van der Waals surface area contributed by atoms with Crippen LogP contribution in [0.4, 0.5) is 0 Å². The van der Waals surface area contributed by atoms with E-state index >= 15 is 0 Å². The highest BCUT2D eigenvalue weighted by molar-refractivity contribution is 7.09. The van der Waals surface area contributed by atoms with Crippen LogP contribution in [0.15, 0.2) is 35.8 Å². The van der Waals surface area contributed by atoms with Crippen molar-refractivity contribution in [1.82, 2.24) is 15.2 Å². The highest BCUT2D eigenvalue weighted by Crippen LogP contribution is 2.26. The van der Waals surface area contributed by atoms with Crippen molar-refractivity contribution in [1.29, 1.82) is 0 Å². The van der Waals surface area contributed by atoms with Gasteiger partial charge in [0.05, 0.1) is 6.54 Å². The molecule has 1 aromatic heterocycles. The van der Waals surface area contributed by atoms with E-state index in [1.165, 1.54) is 12.0 Å². The van der Waals surface area contributed by atoms with Crippen LogP contribution in [-0.4, -0.2) is 35.0 Å². The Kier molecular flexibility index (Phi) is 7.03. The molecule has 0 radical (unpaired) electrons. The number of rotatable bonds is 8. The van der Waals surface area contributed by atoms with Gasteiger partial charge < -0.3 is 10.1 Å². The SMILES string of the molecule is CCCC[C@@H]1CN(CCC(=O)NCc2nccs2)Cc2ccccc2O1. The van der Waals surface area contributed by atoms with Crippen molar-refractivity contribution >= 4 is 17.2 Å². The lowest BCUT2D eigenvalue weighted by Gasteiger charge is -2.23. The fourth-order valence-electron chi connectivity index (χ4n) is 3.17. The van der Waals surface area contributed by atoms with Gasteiger partial charge in [-0.1, -0.05) is 31.5 Å². The highest BCUT2D eigenvalue weighted by atomic mass is 32.1. The van der Waals surface area contributed by atoms with Crippen molar-refractivity contribution in [2.75, 3.05) is 13.1 Å². The molecule has 1 amide bonds. The molecule has 140 valence electrons. The molecular formula is C20H27N3O2S. The first-order valence-corrected chi connectivity index (χ1v) is 10.2. The maximum Gasteiger partial charge on any atom is 0.221 e. The van der Waals surface area contributed by atoms with E-state index in [0.29, 0.717) is 13.0 Å². The third-order valence-electron chi connectivity index (χ3n) is 4.58. The van der Waals surface area contributed by atoms with Crippen LogP contribution in [0.2, 0.25) is 0 Å². The third kappa shape index (κ3) is 5.54. The minimum Gasteiger partial charge on any atom is -0.489 e. The van der Waals surface area contributed by atoms with Crippen LogP contribution < -0.4 is 10.1 Å². The molecule has 5 nitrogen and oxygen atoms in total. The number of hydrogen-bond donors (Lipinski definition) is 1. The Balaban J connectivity index is 1.54. The maximum absolute atomic E-state index is 12.2. The third-order valence-corrected chi connectivity index (χ3v) is 5.36. The predicted octanol–water partition coefficient (Wildman–Crippen LogP) is 3.60. The van der Waals surface area contributed by atoms with Crippen LogP contribution in [0.5, 0.6) is 5.75 Å². The summed E-state index contributed by atoms with van der Waals surface area (Å²) in [5, 5.41) is 5.82. The van der Waals surface area contributed by atoms with Crippen LogP contribution in [-0.2, 0) is 17.9 Å². The number of nitrogens with zero attached hydrogens (tertiary/aromatic N) is 2. The van der Waals surface area contributed by atoms with Gasteiger partial charge in [-0.05, 0) is 18.9 Å². The van der Waals surface area contributed by atoms with Crippen molar-refractivity contribution in [3.05, 3.63) is 46.4 Å². The number of ether oxygens (including phenoxy) is 1. The van der Waals surface area contributed by atoms with E-state index in [0.717, 1.165) is 43.2 Å². The first-order chi connectivity index (χ1) is 12.7. The molecule has 26 heavy (non-hydrogen) atoms. The summed E-state index contributed by atoms with van der Waals surface area (Å²) in [7, 11) is 0. The molecule has 0 saturated carbocycles. The molecule has 0 bridgehead atoms. The number of nitrogens with one attached hydrogen (secondary N) is 1. The zero-order valence-electron chi connectivity index (χ0n) is 15.3. The van der Waals surface area contributed by atoms with Gasteiger partial charge in [-0.2, -0.15) is 0 Å². The molecule has 1 aliphatic heterocycles. The Morgan fingerprint density at radius 3 is 3.12 bits per heavy atom. The van der Waals surface area contributed by atoms with Crippen molar-refractivity contribution in [2.24, 2.45) is 0 Å². The summed E-state index contributed by atoms with van der Waals surface area (Å²) in [4.78, 5) is 18.7.